The van der Waals surface area contributed by atoms with Crippen LogP contribution < -0.4 is 0 Å². The fourth-order valence-electron chi connectivity index (χ4n) is 3.29. The number of hydrogen-bond donors (Lipinski definition) is 0. The zero-order valence-electron chi connectivity index (χ0n) is 14.6. The van der Waals surface area contributed by atoms with Gasteiger partial charge in [-0.1, -0.05) is 11.6 Å². The number of halogens is 1. The van der Waals surface area contributed by atoms with Crippen molar-refractivity contribution < 1.29 is 17.9 Å². The maximum absolute atomic E-state index is 12.7. The lowest BCUT2D eigenvalue weighted by atomic mass is 10.3. The second-order valence-corrected chi connectivity index (χ2v) is 8.81. The van der Waals surface area contributed by atoms with E-state index in [9.17, 15) is 13.2 Å². The molecule has 27 heavy (non-hydrogen) atoms. The number of hydrogen-bond acceptors (Lipinski definition) is 5. The number of nitrogens with zero attached hydrogens (tertiary/aromatic N) is 5. The smallest absolute Gasteiger partial charge is 0.282 e. The summed E-state index contributed by atoms with van der Waals surface area (Å²) in [6, 6.07) is 3.46. The number of piperazine rings is 1. The fraction of sp³-hybridized carbons (Fsp3) is 0.500. The molecule has 4 rings (SSSR count). The van der Waals surface area contributed by atoms with Crippen LogP contribution in [0.3, 0.4) is 0 Å². The number of morpholine rings is 1. The van der Waals surface area contributed by atoms with Gasteiger partial charge in [-0.2, -0.15) is 17.0 Å². The van der Waals surface area contributed by atoms with Crippen molar-refractivity contribution in [2.24, 2.45) is 0 Å². The van der Waals surface area contributed by atoms with Crippen LogP contribution in [0.4, 0.5) is 0 Å². The Morgan fingerprint density at radius 1 is 1.00 bits per heavy atom. The van der Waals surface area contributed by atoms with Crippen molar-refractivity contribution >= 4 is 33.4 Å². The van der Waals surface area contributed by atoms with E-state index in [-0.39, 0.29) is 19.0 Å². The molecule has 11 heteroatoms. The zero-order valence-corrected chi connectivity index (χ0v) is 16.2. The molecule has 2 fully saturated rings. The first-order valence-corrected chi connectivity index (χ1v) is 10.5. The summed E-state index contributed by atoms with van der Waals surface area (Å²) in [7, 11) is -3.51. The molecule has 0 atom stereocenters. The van der Waals surface area contributed by atoms with E-state index in [0.29, 0.717) is 55.8 Å². The van der Waals surface area contributed by atoms with Crippen molar-refractivity contribution in [2.45, 2.75) is 0 Å². The van der Waals surface area contributed by atoms with Crippen LogP contribution in [0.2, 0.25) is 5.02 Å². The molecule has 2 saturated heterocycles. The minimum absolute atomic E-state index is 0.210. The van der Waals surface area contributed by atoms with Gasteiger partial charge in [0.25, 0.3) is 16.1 Å². The highest BCUT2D eigenvalue weighted by molar-refractivity contribution is 7.86. The molecular weight excluding hydrogens is 394 g/mol. The summed E-state index contributed by atoms with van der Waals surface area (Å²) in [4.78, 5) is 18.7. The van der Waals surface area contributed by atoms with Gasteiger partial charge in [-0.05, 0) is 12.1 Å². The van der Waals surface area contributed by atoms with Crippen molar-refractivity contribution in [2.75, 3.05) is 52.5 Å². The van der Waals surface area contributed by atoms with Crippen LogP contribution in [0.5, 0.6) is 0 Å². The SMILES string of the molecule is O=C(c1cn2cc(Cl)ccc2n1)N1CCN(S(=O)(=O)N2CCOCC2)CC1. The van der Waals surface area contributed by atoms with Crippen LogP contribution >= 0.6 is 11.6 Å². The largest absolute Gasteiger partial charge is 0.379 e. The molecule has 9 nitrogen and oxygen atoms in total. The highest BCUT2D eigenvalue weighted by Gasteiger charge is 2.34. The van der Waals surface area contributed by atoms with Crippen LogP contribution in [-0.2, 0) is 14.9 Å². The molecule has 2 aliphatic rings. The summed E-state index contributed by atoms with van der Waals surface area (Å²) in [5.74, 6) is -0.210. The quantitative estimate of drug-likeness (QED) is 0.723. The molecule has 0 bridgehead atoms. The number of ether oxygens (including phenoxy) is 1. The summed E-state index contributed by atoms with van der Waals surface area (Å²) in [6.45, 7) is 2.76. The first kappa shape index (κ1) is 18.6. The molecular formula is C16H20ClN5O4S. The molecule has 0 spiro atoms. The molecule has 0 aromatic carbocycles. The van der Waals surface area contributed by atoms with Gasteiger partial charge in [0.2, 0.25) is 0 Å². The van der Waals surface area contributed by atoms with Gasteiger partial charge in [-0.25, -0.2) is 4.98 Å². The Bertz CT molecular complexity index is 949. The van der Waals surface area contributed by atoms with Gasteiger partial charge in [0, 0.05) is 51.7 Å². The average molecular weight is 414 g/mol. The van der Waals surface area contributed by atoms with Crippen molar-refractivity contribution in [3.8, 4) is 0 Å². The first-order chi connectivity index (χ1) is 12.9. The minimum atomic E-state index is -3.51. The predicted octanol–water partition coefficient (Wildman–Crippen LogP) is 0.323. The molecule has 0 radical (unpaired) electrons. The number of carbonyl (C=O) groups excluding carboxylic acids is 1. The van der Waals surface area contributed by atoms with Crippen LogP contribution in [-0.4, -0.2) is 89.7 Å². The lowest BCUT2D eigenvalue weighted by Crippen LogP contribution is -2.55. The number of rotatable bonds is 3. The Labute approximate surface area is 162 Å². The predicted molar refractivity (Wildman–Crippen MR) is 99.0 cm³/mol. The topological polar surface area (TPSA) is 87.5 Å². The van der Waals surface area contributed by atoms with E-state index in [0.717, 1.165) is 0 Å². The Morgan fingerprint density at radius 3 is 2.37 bits per heavy atom. The average Bonchev–Trinajstić information content (AvgIpc) is 3.11. The Kier molecular flexibility index (Phi) is 5.08. The van der Waals surface area contributed by atoms with E-state index in [1.165, 1.54) is 8.61 Å². The van der Waals surface area contributed by atoms with Gasteiger partial charge in [-0.3, -0.25) is 4.79 Å². The molecule has 2 aliphatic heterocycles. The lowest BCUT2D eigenvalue weighted by molar-refractivity contribution is 0.0634. The van der Waals surface area contributed by atoms with Gasteiger partial charge >= 0.3 is 0 Å². The number of aromatic nitrogens is 2. The highest BCUT2D eigenvalue weighted by Crippen LogP contribution is 2.17. The summed E-state index contributed by atoms with van der Waals surface area (Å²) >= 11 is 5.96. The standard InChI is InChI=1S/C16H20ClN5O4S/c17-13-1-2-15-18-14(12-20(15)11-13)16(23)19-3-5-21(6-4-19)27(24,25)22-7-9-26-10-8-22/h1-2,11-12H,3-10H2. The molecule has 0 N–H and O–H groups in total. The Balaban J connectivity index is 1.42. The number of carbonyl (C=O) groups is 1. The number of imidazole rings is 1. The Morgan fingerprint density at radius 2 is 1.67 bits per heavy atom. The lowest BCUT2D eigenvalue weighted by Gasteiger charge is -2.37. The molecule has 1 amide bonds. The molecule has 2 aromatic heterocycles. The van der Waals surface area contributed by atoms with Crippen molar-refractivity contribution in [3.05, 3.63) is 35.2 Å². The van der Waals surface area contributed by atoms with E-state index < -0.39 is 10.2 Å². The van der Waals surface area contributed by atoms with Crippen LogP contribution in [0, 0.1) is 0 Å². The Hall–Kier alpha value is -1.72. The molecule has 146 valence electrons. The van der Waals surface area contributed by atoms with Crippen LogP contribution in [0.25, 0.3) is 5.65 Å². The fourth-order valence-corrected chi connectivity index (χ4v) is 5.02. The van der Waals surface area contributed by atoms with E-state index in [2.05, 4.69) is 4.98 Å². The van der Waals surface area contributed by atoms with Gasteiger partial charge in [0.15, 0.2) is 0 Å². The van der Waals surface area contributed by atoms with E-state index in [1.54, 1.807) is 33.8 Å². The van der Waals surface area contributed by atoms with Gasteiger partial charge in [0.05, 0.1) is 18.2 Å². The maximum atomic E-state index is 12.7. The number of pyridine rings is 1. The van der Waals surface area contributed by atoms with E-state index in [1.807, 2.05) is 0 Å². The normalized spacial score (nSPS) is 20.3. The van der Waals surface area contributed by atoms with Crippen LogP contribution in [0.1, 0.15) is 10.5 Å². The zero-order chi connectivity index (χ0) is 19.0. The van der Waals surface area contributed by atoms with Crippen molar-refractivity contribution in [1.82, 2.24) is 22.9 Å². The van der Waals surface area contributed by atoms with Crippen molar-refractivity contribution in [3.63, 3.8) is 0 Å². The number of fused-ring (bicyclic) bond motifs is 1. The van der Waals surface area contributed by atoms with E-state index in [4.69, 9.17) is 16.3 Å². The molecule has 0 aliphatic carbocycles. The highest BCUT2D eigenvalue weighted by atomic mass is 35.5. The summed E-state index contributed by atoms with van der Waals surface area (Å²) in [6.07, 6.45) is 3.33. The van der Waals surface area contributed by atoms with E-state index >= 15 is 0 Å². The third-order valence-corrected chi connectivity index (χ3v) is 7.04. The molecule has 0 unspecified atom stereocenters. The second kappa shape index (κ2) is 7.36. The minimum Gasteiger partial charge on any atom is -0.379 e. The summed E-state index contributed by atoms with van der Waals surface area (Å²) < 4.78 is 35.2. The van der Waals surface area contributed by atoms with Gasteiger partial charge < -0.3 is 14.0 Å². The first-order valence-electron chi connectivity index (χ1n) is 8.72. The maximum Gasteiger partial charge on any atom is 0.282 e. The molecule has 4 heterocycles. The summed E-state index contributed by atoms with van der Waals surface area (Å²) in [5.41, 5.74) is 0.957. The second-order valence-electron chi connectivity index (χ2n) is 6.45. The third-order valence-electron chi connectivity index (χ3n) is 4.78. The van der Waals surface area contributed by atoms with Gasteiger partial charge in [0.1, 0.15) is 11.3 Å². The third kappa shape index (κ3) is 3.67. The number of amides is 1. The van der Waals surface area contributed by atoms with Crippen LogP contribution in [0.15, 0.2) is 24.5 Å². The van der Waals surface area contributed by atoms with Crippen molar-refractivity contribution in [1.29, 1.82) is 0 Å². The van der Waals surface area contributed by atoms with Gasteiger partial charge in [-0.15, -0.1) is 0 Å². The summed E-state index contributed by atoms with van der Waals surface area (Å²) in [5, 5.41) is 0.556. The monoisotopic (exact) mass is 413 g/mol. The molecule has 0 saturated carbocycles. The molecule has 2 aromatic rings.